The number of carbonyl (C=O) groups excluding carboxylic acids is 5. The molecule has 0 radical (unpaired) electrons. The van der Waals surface area contributed by atoms with Crippen molar-refractivity contribution < 1.29 is 42.9 Å². The van der Waals surface area contributed by atoms with Crippen LogP contribution in [0.3, 0.4) is 0 Å². The highest BCUT2D eigenvalue weighted by molar-refractivity contribution is 6.23. The average molecular weight is 930 g/mol. The summed E-state index contributed by atoms with van der Waals surface area (Å²) in [4.78, 5) is 73.1. The lowest BCUT2D eigenvalue weighted by atomic mass is 9.49. The number of hydrogen-bond acceptors (Lipinski definition) is 13. The van der Waals surface area contributed by atoms with Gasteiger partial charge in [-0.05, 0) is 79.8 Å². The minimum absolute atomic E-state index is 0.0305. The second kappa shape index (κ2) is 19.2. The normalized spacial score (nSPS) is 25.8. The van der Waals surface area contributed by atoms with Gasteiger partial charge in [0.25, 0.3) is 17.7 Å². The molecule has 2 aliphatic carbocycles. The van der Waals surface area contributed by atoms with Crippen molar-refractivity contribution >= 4 is 35.2 Å². The fourth-order valence-corrected chi connectivity index (χ4v) is 11.7. The van der Waals surface area contributed by atoms with Gasteiger partial charge in [-0.3, -0.25) is 44.0 Å². The van der Waals surface area contributed by atoms with Gasteiger partial charge in [0.2, 0.25) is 11.8 Å². The quantitative estimate of drug-likeness (QED) is 0.194. The van der Waals surface area contributed by atoms with Gasteiger partial charge in [-0.15, -0.1) is 0 Å². The Morgan fingerprint density at radius 3 is 2.22 bits per heavy atom. The van der Waals surface area contributed by atoms with Crippen molar-refractivity contribution in [3.05, 3.63) is 82.9 Å². The summed E-state index contributed by atoms with van der Waals surface area (Å²) in [5.74, 6) is -0.0773. The molecular formula is C52H63N7O9. The van der Waals surface area contributed by atoms with Gasteiger partial charge >= 0.3 is 0 Å². The number of rotatable bonds is 15. The number of nitriles is 1. The maximum atomic E-state index is 13.7. The molecule has 1 atom stereocenters. The third-order valence-electron chi connectivity index (χ3n) is 15.4. The number of piperidine rings is 2. The number of methoxy groups -OCH3 is 1. The molecule has 68 heavy (non-hydrogen) atoms. The summed E-state index contributed by atoms with van der Waals surface area (Å²) in [6.45, 7) is 16.6. The zero-order chi connectivity index (χ0) is 47.9. The summed E-state index contributed by atoms with van der Waals surface area (Å²) in [7, 11) is 1.53. The second-order valence-electron chi connectivity index (χ2n) is 20.5. The van der Waals surface area contributed by atoms with Gasteiger partial charge < -0.3 is 29.2 Å². The van der Waals surface area contributed by atoms with Gasteiger partial charge in [0.05, 0.1) is 37.0 Å². The van der Waals surface area contributed by atoms with Crippen LogP contribution in [-0.2, 0) is 14.3 Å². The predicted molar refractivity (Wildman–Crippen MR) is 252 cm³/mol. The molecule has 3 saturated heterocycles. The Balaban J connectivity index is 0.767. The molecule has 16 nitrogen and oxygen atoms in total. The van der Waals surface area contributed by atoms with E-state index in [4.69, 9.17) is 18.9 Å². The number of amides is 5. The molecule has 9 rings (SSSR count). The zero-order valence-electron chi connectivity index (χ0n) is 39.8. The lowest BCUT2D eigenvalue weighted by Gasteiger charge is -2.63. The van der Waals surface area contributed by atoms with Crippen LogP contribution in [0.15, 0.2) is 60.7 Å². The summed E-state index contributed by atoms with van der Waals surface area (Å²) < 4.78 is 23.9. The first-order valence-corrected chi connectivity index (χ1v) is 24.1. The standard InChI is InChI=1S/C52H63N7O9/c1-51(2)49(52(3,4)50(51)68-38-11-8-34(30-53)43(29-38)65-5)55-45(61)33-6-9-35(10-7-33)57-18-16-32(17-19-57)31-58(21-20-56-22-24-66-25-23-56)36-26-39(27-36)67-37-12-13-40-41(28-37)48(64)59(47(40)63)42-14-15-44(60)54-46(42)62/h6-13,28-29,32,36,39,42,49-50H,14-27,31H2,1-5H3,(H,55,61)(H,54,60,62)/t36?,39?,42-,49?,50?/m1/s1. The number of nitrogens with zero attached hydrogens (tertiary/aromatic N) is 5. The van der Waals surface area contributed by atoms with E-state index in [1.165, 1.54) is 7.11 Å². The molecule has 5 fully saturated rings. The first-order chi connectivity index (χ1) is 32.6. The number of carbonyl (C=O) groups is 5. The predicted octanol–water partition coefficient (Wildman–Crippen LogP) is 5.04. The smallest absolute Gasteiger partial charge is 0.262 e. The van der Waals surface area contributed by atoms with Crippen molar-refractivity contribution in [1.29, 1.82) is 5.26 Å². The largest absolute Gasteiger partial charge is 0.495 e. The van der Waals surface area contributed by atoms with E-state index in [-0.39, 0.29) is 59.0 Å². The maximum Gasteiger partial charge on any atom is 0.262 e. The molecule has 2 N–H and O–H groups in total. The van der Waals surface area contributed by atoms with Gasteiger partial charge in [-0.2, -0.15) is 5.26 Å². The van der Waals surface area contributed by atoms with Crippen LogP contribution in [0.5, 0.6) is 17.2 Å². The third kappa shape index (κ3) is 9.28. The summed E-state index contributed by atoms with van der Waals surface area (Å²) in [6, 6.07) is 19.5. The first kappa shape index (κ1) is 47.1. The fraction of sp³-hybridized carbons (Fsp3) is 0.538. The van der Waals surface area contributed by atoms with Gasteiger partial charge in [0.15, 0.2) is 0 Å². The van der Waals surface area contributed by atoms with Crippen molar-refractivity contribution in [1.82, 2.24) is 25.3 Å². The molecule has 0 aromatic heterocycles. The van der Waals surface area contributed by atoms with Crippen LogP contribution in [0.4, 0.5) is 5.69 Å². The summed E-state index contributed by atoms with van der Waals surface area (Å²) in [5, 5.41) is 15.0. The van der Waals surface area contributed by atoms with Crippen LogP contribution in [0, 0.1) is 28.1 Å². The minimum atomic E-state index is -1.01. The first-order valence-electron chi connectivity index (χ1n) is 24.1. The van der Waals surface area contributed by atoms with Crippen LogP contribution in [0.2, 0.25) is 0 Å². The molecule has 0 unspecified atom stereocenters. The van der Waals surface area contributed by atoms with Crippen LogP contribution in [0.1, 0.15) is 103 Å². The van der Waals surface area contributed by atoms with Crippen molar-refractivity contribution in [3.8, 4) is 23.3 Å². The van der Waals surface area contributed by atoms with E-state index in [0.717, 1.165) is 95.3 Å². The Hall–Kier alpha value is -6.02. The van der Waals surface area contributed by atoms with Gasteiger partial charge in [-0.1, -0.05) is 27.7 Å². The highest BCUT2D eigenvalue weighted by atomic mass is 16.5. The molecular weight excluding hydrogens is 867 g/mol. The molecule has 2 saturated carbocycles. The highest BCUT2D eigenvalue weighted by Gasteiger charge is 2.64. The summed E-state index contributed by atoms with van der Waals surface area (Å²) in [5.41, 5.74) is 1.90. The van der Waals surface area contributed by atoms with E-state index in [0.29, 0.717) is 40.3 Å². The van der Waals surface area contributed by atoms with E-state index in [2.05, 4.69) is 71.2 Å². The lowest BCUT2D eigenvalue weighted by Crippen LogP contribution is -2.74. The average Bonchev–Trinajstić information content (AvgIpc) is 3.57. The number of anilines is 1. The molecule has 5 amide bonds. The molecule has 4 aliphatic heterocycles. The monoisotopic (exact) mass is 929 g/mol. The van der Waals surface area contributed by atoms with E-state index in [1.54, 1.807) is 36.4 Å². The van der Waals surface area contributed by atoms with Gasteiger partial charge in [0.1, 0.15) is 41.6 Å². The van der Waals surface area contributed by atoms with Gasteiger partial charge in [-0.25, -0.2) is 0 Å². The van der Waals surface area contributed by atoms with E-state index >= 15 is 0 Å². The molecule has 3 aromatic carbocycles. The molecule has 0 spiro atoms. The molecule has 0 bridgehead atoms. The summed E-state index contributed by atoms with van der Waals surface area (Å²) in [6.07, 6.45) is 3.79. The third-order valence-corrected chi connectivity index (χ3v) is 15.4. The Labute approximate surface area is 398 Å². The number of morpholine rings is 1. The molecule has 3 aromatic rings. The fourth-order valence-electron chi connectivity index (χ4n) is 11.7. The lowest BCUT2D eigenvalue weighted by molar-refractivity contribution is -0.164. The van der Waals surface area contributed by atoms with Crippen LogP contribution < -0.4 is 29.7 Å². The zero-order valence-corrected chi connectivity index (χ0v) is 39.8. The Morgan fingerprint density at radius 1 is 0.868 bits per heavy atom. The van der Waals surface area contributed by atoms with E-state index < -0.39 is 29.7 Å². The molecule has 16 heteroatoms. The Morgan fingerprint density at radius 2 is 1.54 bits per heavy atom. The van der Waals surface area contributed by atoms with Crippen LogP contribution >= 0.6 is 0 Å². The van der Waals surface area contributed by atoms with Gasteiger partial charge in [0, 0.05) is 105 Å². The molecule has 360 valence electrons. The topological polar surface area (TPSA) is 183 Å². The Bertz CT molecular complexity index is 2450. The number of hydrogen-bond donors (Lipinski definition) is 2. The van der Waals surface area contributed by atoms with Crippen molar-refractivity contribution in [2.75, 3.05) is 71.0 Å². The van der Waals surface area contributed by atoms with Crippen LogP contribution in [0.25, 0.3) is 0 Å². The van der Waals surface area contributed by atoms with Crippen LogP contribution in [-0.4, -0.2) is 141 Å². The number of benzene rings is 3. The maximum absolute atomic E-state index is 13.7. The minimum Gasteiger partial charge on any atom is -0.495 e. The Kier molecular flexibility index (Phi) is 13.3. The van der Waals surface area contributed by atoms with E-state index in [1.807, 2.05) is 12.1 Å². The number of fused-ring (bicyclic) bond motifs is 1. The van der Waals surface area contributed by atoms with E-state index in [9.17, 15) is 29.2 Å². The second-order valence-corrected chi connectivity index (χ2v) is 20.5. The number of ether oxygens (including phenoxy) is 4. The van der Waals surface area contributed by atoms with Crippen molar-refractivity contribution in [2.45, 2.75) is 96.6 Å². The number of nitrogens with one attached hydrogen (secondary N) is 2. The number of imide groups is 2. The highest BCUT2D eigenvalue weighted by Crippen LogP contribution is 2.55. The SMILES string of the molecule is COc1cc(OC2C(C)(C)C(NC(=O)c3ccc(N4CCC(CN(CCN5CCOCC5)C5CC(Oc6ccc7c(c6)C(=O)N([C@@H]6CCC(=O)NC6=O)C7=O)C5)CC4)cc3)C2(C)C)ccc1C#N. The van der Waals surface area contributed by atoms with Crippen molar-refractivity contribution in [2.24, 2.45) is 16.7 Å². The van der Waals surface area contributed by atoms with Crippen molar-refractivity contribution in [3.63, 3.8) is 0 Å². The molecule has 4 heterocycles. The molecule has 6 aliphatic rings. The summed E-state index contributed by atoms with van der Waals surface area (Å²) >= 11 is 0.